The van der Waals surface area contributed by atoms with E-state index in [4.69, 9.17) is 4.74 Å². The van der Waals surface area contributed by atoms with E-state index in [0.717, 1.165) is 35.6 Å². The monoisotopic (exact) mass is 329 g/mol. The fourth-order valence-corrected chi connectivity index (χ4v) is 3.64. The summed E-state index contributed by atoms with van der Waals surface area (Å²) in [5.41, 5.74) is 1.36. The Bertz CT molecular complexity index is 369. The number of rotatable bonds is 5. The minimum absolute atomic E-state index is 0.336. The van der Waals surface area contributed by atoms with Crippen molar-refractivity contribution in [1.29, 1.82) is 0 Å². The highest BCUT2D eigenvalue weighted by atomic mass is 79.9. The zero-order valence-corrected chi connectivity index (χ0v) is 13.1. The SMILES string of the molecule is CCNC(Cc1cccc(Br)c1)C1CSCCO1. The van der Waals surface area contributed by atoms with Crippen LogP contribution in [0.4, 0.5) is 0 Å². The molecule has 1 N–H and O–H groups in total. The summed E-state index contributed by atoms with van der Waals surface area (Å²) in [7, 11) is 0. The summed E-state index contributed by atoms with van der Waals surface area (Å²) in [6.45, 7) is 4.03. The van der Waals surface area contributed by atoms with Gasteiger partial charge in [-0.15, -0.1) is 0 Å². The number of hydrogen-bond acceptors (Lipinski definition) is 3. The summed E-state index contributed by atoms with van der Waals surface area (Å²) >= 11 is 5.53. The van der Waals surface area contributed by atoms with Crippen LogP contribution in [0.25, 0.3) is 0 Å². The van der Waals surface area contributed by atoms with Gasteiger partial charge >= 0.3 is 0 Å². The van der Waals surface area contributed by atoms with E-state index in [0.29, 0.717) is 12.1 Å². The van der Waals surface area contributed by atoms with Crippen molar-refractivity contribution >= 4 is 27.7 Å². The second kappa shape index (κ2) is 7.53. The van der Waals surface area contributed by atoms with Crippen molar-refractivity contribution in [3.8, 4) is 0 Å². The molecule has 100 valence electrons. The van der Waals surface area contributed by atoms with Gasteiger partial charge in [0.05, 0.1) is 12.7 Å². The fraction of sp³-hybridized carbons (Fsp3) is 0.571. The fourth-order valence-electron chi connectivity index (χ4n) is 2.25. The number of likely N-dealkylation sites (N-methyl/N-ethyl adjacent to an activating group) is 1. The van der Waals surface area contributed by atoms with Gasteiger partial charge in [-0.05, 0) is 30.7 Å². The third-order valence-electron chi connectivity index (χ3n) is 3.10. The van der Waals surface area contributed by atoms with Gasteiger partial charge in [-0.2, -0.15) is 11.8 Å². The molecule has 2 atom stereocenters. The molecule has 4 heteroatoms. The lowest BCUT2D eigenvalue weighted by molar-refractivity contribution is 0.0476. The first-order valence-corrected chi connectivity index (χ1v) is 8.41. The average molecular weight is 330 g/mol. The van der Waals surface area contributed by atoms with E-state index >= 15 is 0 Å². The van der Waals surface area contributed by atoms with Crippen molar-refractivity contribution in [2.24, 2.45) is 0 Å². The van der Waals surface area contributed by atoms with Crippen LogP contribution in [0.3, 0.4) is 0 Å². The molecule has 0 spiro atoms. The molecular formula is C14H20BrNOS. The molecule has 1 aliphatic rings. The van der Waals surface area contributed by atoms with Gasteiger partial charge < -0.3 is 10.1 Å². The first kappa shape index (κ1) is 14.4. The van der Waals surface area contributed by atoms with E-state index in [2.05, 4.69) is 52.4 Å². The zero-order chi connectivity index (χ0) is 12.8. The molecule has 1 fully saturated rings. The van der Waals surface area contributed by atoms with Gasteiger partial charge in [0.1, 0.15) is 0 Å². The molecule has 1 saturated heterocycles. The van der Waals surface area contributed by atoms with Gasteiger partial charge in [0, 0.05) is 22.0 Å². The second-order valence-corrected chi connectivity index (χ2v) is 6.55. The maximum Gasteiger partial charge on any atom is 0.0821 e. The summed E-state index contributed by atoms with van der Waals surface area (Å²) in [4.78, 5) is 0. The third kappa shape index (κ3) is 4.26. The molecule has 18 heavy (non-hydrogen) atoms. The molecule has 0 saturated carbocycles. The van der Waals surface area contributed by atoms with Crippen molar-refractivity contribution < 1.29 is 4.74 Å². The van der Waals surface area contributed by atoms with Crippen LogP contribution in [0, 0.1) is 0 Å². The molecule has 0 radical (unpaired) electrons. The number of nitrogens with one attached hydrogen (secondary N) is 1. The molecule has 1 aromatic carbocycles. The maximum absolute atomic E-state index is 5.90. The van der Waals surface area contributed by atoms with E-state index < -0.39 is 0 Å². The number of thioether (sulfide) groups is 1. The first-order chi connectivity index (χ1) is 8.79. The van der Waals surface area contributed by atoms with Gasteiger partial charge in [-0.3, -0.25) is 0 Å². The van der Waals surface area contributed by atoms with E-state index in [-0.39, 0.29) is 0 Å². The van der Waals surface area contributed by atoms with Crippen LogP contribution in [0.5, 0.6) is 0 Å². The predicted molar refractivity (Wildman–Crippen MR) is 82.4 cm³/mol. The number of hydrogen-bond donors (Lipinski definition) is 1. The largest absolute Gasteiger partial charge is 0.375 e. The van der Waals surface area contributed by atoms with Crippen LogP contribution in [-0.2, 0) is 11.2 Å². The highest BCUT2D eigenvalue weighted by Crippen LogP contribution is 2.19. The van der Waals surface area contributed by atoms with Crippen molar-refractivity contribution in [3.63, 3.8) is 0 Å². The minimum Gasteiger partial charge on any atom is -0.375 e. The van der Waals surface area contributed by atoms with Gasteiger partial charge in [0.15, 0.2) is 0 Å². The van der Waals surface area contributed by atoms with Crippen molar-refractivity contribution in [1.82, 2.24) is 5.32 Å². The lowest BCUT2D eigenvalue weighted by Gasteiger charge is -2.31. The van der Waals surface area contributed by atoms with Gasteiger partial charge in [0.2, 0.25) is 0 Å². The smallest absolute Gasteiger partial charge is 0.0821 e. The highest BCUT2D eigenvalue weighted by molar-refractivity contribution is 9.10. The summed E-state index contributed by atoms with van der Waals surface area (Å²) in [5.74, 6) is 2.23. The molecule has 0 amide bonds. The molecule has 2 rings (SSSR count). The van der Waals surface area contributed by atoms with E-state index in [9.17, 15) is 0 Å². The van der Waals surface area contributed by atoms with Gasteiger partial charge in [-0.25, -0.2) is 0 Å². The zero-order valence-electron chi connectivity index (χ0n) is 10.7. The Morgan fingerprint density at radius 1 is 1.56 bits per heavy atom. The minimum atomic E-state index is 0.336. The molecule has 0 bridgehead atoms. The predicted octanol–water partition coefficient (Wildman–Crippen LogP) is 3.10. The van der Waals surface area contributed by atoms with E-state index in [1.54, 1.807) is 0 Å². The van der Waals surface area contributed by atoms with Crippen LogP contribution < -0.4 is 5.32 Å². The Morgan fingerprint density at radius 2 is 2.44 bits per heavy atom. The van der Waals surface area contributed by atoms with E-state index in [1.165, 1.54) is 5.56 Å². The van der Waals surface area contributed by atoms with Gasteiger partial charge in [-0.1, -0.05) is 35.0 Å². The standard InChI is InChI=1S/C14H20BrNOS/c1-2-16-13(14-10-18-7-6-17-14)9-11-4-3-5-12(15)8-11/h3-5,8,13-14,16H,2,6-7,9-10H2,1H3. The van der Waals surface area contributed by atoms with Gasteiger partial charge in [0.25, 0.3) is 0 Å². The third-order valence-corrected chi connectivity index (χ3v) is 4.61. The molecule has 0 aromatic heterocycles. The molecule has 1 aliphatic heterocycles. The lowest BCUT2D eigenvalue weighted by Crippen LogP contribution is -2.46. The molecule has 2 unspecified atom stereocenters. The van der Waals surface area contributed by atoms with Crippen LogP contribution in [0.2, 0.25) is 0 Å². The summed E-state index contributed by atoms with van der Waals surface area (Å²) in [6, 6.07) is 8.96. The van der Waals surface area contributed by atoms with Crippen LogP contribution in [0.1, 0.15) is 12.5 Å². The van der Waals surface area contributed by atoms with Crippen molar-refractivity contribution in [3.05, 3.63) is 34.3 Å². The summed E-state index contributed by atoms with van der Waals surface area (Å²) < 4.78 is 7.05. The Morgan fingerprint density at radius 3 is 3.11 bits per heavy atom. The summed E-state index contributed by atoms with van der Waals surface area (Å²) in [6.07, 6.45) is 1.36. The number of ether oxygens (including phenoxy) is 1. The lowest BCUT2D eigenvalue weighted by atomic mass is 10.0. The Kier molecular flexibility index (Phi) is 6.02. The van der Waals surface area contributed by atoms with Crippen molar-refractivity contribution in [2.45, 2.75) is 25.5 Å². The topological polar surface area (TPSA) is 21.3 Å². The molecule has 1 heterocycles. The normalized spacial score (nSPS) is 21.8. The summed E-state index contributed by atoms with van der Waals surface area (Å²) in [5, 5.41) is 3.57. The Labute approximate surface area is 122 Å². The number of halogens is 1. The average Bonchev–Trinajstić information content (AvgIpc) is 2.39. The highest BCUT2D eigenvalue weighted by Gasteiger charge is 2.24. The second-order valence-electron chi connectivity index (χ2n) is 4.48. The quantitative estimate of drug-likeness (QED) is 0.896. The Balaban J connectivity index is 2.00. The van der Waals surface area contributed by atoms with Crippen LogP contribution in [-0.4, -0.2) is 36.8 Å². The molecule has 0 aliphatic carbocycles. The Hall–Kier alpha value is -0.0300. The maximum atomic E-state index is 5.90. The van der Waals surface area contributed by atoms with Crippen molar-refractivity contribution in [2.75, 3.05) is 24.7 Å². The molecular weight excluding hydrogens is 310 g/mol. The molecule has 1 aromatic rings. The van der Waals surface area contributed by atoms with E-state index in [1.807, 2.05) is 11.8 Å². The van der Waals surface area contributed by atoms with Crippen LogP contribution in [0.15, 0.2) is 28.7 Å². The number of benzene rings is 1. The molecule has 2 nitrogen and oxygen atoms in total. The first-order valence-electron chi connectivity index (χ1n) is 6.46. The van der Waals surface area contributed by atoms with Crippen LogP contribution >= 0.6 is 27.7 Å².